The lowest BCUT2D eigenvalue weighted by Crippen LogP contribution is -2.60. The van der Waals surface area contributed by atoms with E-state index >= 15 is 0 Å². The molecule has 78 heavy (non-hydrogen) atoms. The van der Waals surface area contributed by atoms with Gasteiger partial charge in [-0.25, -0.2) is 0 Å². The second-order valence-corrected chi connectivity index (χ2v) is 21.8. The van der Waals surface area contributed by atoms with Gasteiger partial charge >= 0.3 is 0 Å². The standard InChI is InChI=1S/C69H119NO8/c1-3-5-7-9-11-13-15-17-19-21-23-25-27-29-30-31-32-33-35-36-38-40-42-44-46-48-50-52-54-56-58-63(72)62(61-77-69-68(76)67(75)66(74)64(60-71)78-69)70-65(73)59-57-55-53-51-49-47-45-43-41-39-37-34-28-26-24-22-20-18-16-14-12-10-8-6-4-2/h6,8,12,14,18,20,24,26,34,37,41,43,47-50,56,58,62-64,66-69,71-72,74-76H,3-5,7,9-11,13,15-17,19,21-23,25,27-33,35-36,38-40,42,44-46,51-55,57,59-61H2,1-2H3,(H,70,73)/b8-6-,14-12-,20-18-,26-24-,37-34-,43-41-,49-47-,50-48+,58-56+. The number of allylic oxidation sites excluding steroid dienone is 17. The lowest BCUT2D eigenvalue weighted by Gasteiger charge is -2.40. The van der Waals surface area contributed by atoms with Crippen LogP contribution in [0.25, 0.3) is 0 Å². The number of carbonyl (C=O) groups is 1. The van der Waals surface area contributed by atoms with Gasteiger partial charge in [-0.15, -0.1) is 0 Å². The van der Waals surface area contributed by atoms with Gasteiger partial charge in [0.2, 0.25) is 5.91 Å². The fraction of sp³-hybridized carbons (Fsp3) is 0.725. The minimum absolute atomic E-state index is 0.221. The summed E-state index contributed by atoms with van der Waals surface area (Å²) in [6, 6.07) is -0.850. The van der Waals surface area contributed by atoms with Crippen LogP contribution in [0.3, 0.4) is 0 Å². The second kappa shape index (κ2) is 57.1. The van der Waals surface area contributed by atoms with Crippen molar-refractivity contribution in [2.24, 2.45) is 0 Å². The molecule has 0 spiro atoms. The lowest BCUT2D eigenvalue weighted by atomic mass is 9.99. The van der Waals surface area contributed by atoms with E-state index in [-0.39, 0.29) is 12.5 Å². The van der Waals surface area contributed by atoms with Crippen LogP contribution in [0.5, 0.6) is 0 Å². The zero-order valence-electron chi connectivity index (χ0n) is 49.9. The summed E-state index contributed by atoms with van der Waals surface area (Å²) in [5.41, 5.74) is 0. The zero-order chi connectivity index (χ0) is 56.5. The van der Waals surface area contributed by atoms with Gasteiger partial charge in [0.25, 0.3) is 0 Å². The third-order valence-corrected chi connectivity index (χ3v) is 14.6. The highest BCUT2D eigenvalue weighted by atomic mass is 16.7. The van der Waals surface area contributed by atoms with Crippen molar-refractivity contribution < 1.29 is 39.8 Å². The van der Waals surface area contributed by atoms with Crippen LogP contribution in [0.2, 0.25) is 0 Å². The van der Waals surface area contributed by atoms with Gasteiger partial charge in [0.1, 0.15) is 24.4 Å². The number of ether oxygens (including phenoxy) is 2. The number of hydrogen-bond acceptors (Lipinski definition) is 8. The normalized spacial score (nSPS) is 19.4. The Bertz CT molecular complexity index is 1590. The quantitative estimate of drug-likeness (QED) is 0.0261. The molecule has 1 fully saturated rings. The number of unbranched alkanes of at least 4 members (excludes halogenated alkanes) is 28. The molecule has 1 aliphatic rings. The van der Waals surface area contributed by atoms with Crippen molar-refractivity contribution >= 4 is 5.91 Å². The summed E-state index contributed by atoms with van der Waals surface area (Å²) in [7, 11) is 0. The van der Waals surface area contributed by atoms with Crippen molar-refractivity contribution in [2.75, 3.05) is 13.2 Å². The number of nitrogens with one attached hydrogen (secondary N) is 1. The number of amides is 1. The summed E-state index contributed by atoms with van der Waals surface area (Å²) in [4.78, 5) is 13.1. The first-order valence-electron chi connectivity index (χ1n) is 32.1. The molecule has 6 N–H and O–H groups in total. The molecule has 9 nitrogen and oxygen atoms in total. The largest absolute Gasteiger partial charge is 0.394 e. The molecular formula is C69H119NO8. The summed E-state index contributed by atoms with van der Waals surface area (Å²) >= 11 is 0. The molecule has 1 aliphatic heterocycles. The van der Waals surface area contributed by atoms with Crippen LogP contribution in [0, 0.1) is 0 Å². The molecule has 0 aromatic heterocycles. The molecular weight excluding hydrogens is 971 g/mol. The van der Waals surface area contributed by atoms with E-state index < -0.39 is 49.5 Å². The predicted octanol–water partition coefficient (Wildman–Crippen LogP) is 16.9. The third kappa shape index (κ3) is 45.6. The Balaban J connectivity index is 2.24. The van der Waals surface area contributed by atoms with E-state index in [1.807, 2.05) is 6.08 Å². The van der Waals surface area contributed by atoms with Gasteiger partial charge in [0.05, 0.1) is 25.4 Å². The SMILES string of the molecule is CC/C=C\C/C=C\C/C=C\C/C=C\C/C=C\C/C=C\C/C=C\CCCCCC(=O)NC(COC1OC(CO)C(O)C(O)C1O)C(O)/C=C/CC/C=C/CCCCCCCCCCCCCCCCCCCCCCCCCC. The van der Waals surface area contributed by atoms with Gasteiger partial charge in [-0.3, -0.25) is 4.79 Å². The monoisotopic (exact) mass is 1090 g/mol. The molecule has 0 saturated carbocycles. The molecule has 9 heteroatoms. The van der Waals surface area contributed by atoms with Crippen molar-refractivity contribution in [2.45, 2.75) is 307 Å². The number of carbonyl (C=O) groups excluding carboxylic acids is 1. The first-order valence-corrected chi connectivity index (χ1v) is 32.1. The van der Waals surface area contributed by atoms with E-state index in [0.717, 1.165) is 83.5 Å². The Hall–Kier alpha value is -3.15. The van der Waals surface area contributed by atoms with E-state index in [1.165, 1.54) is 154 Å². The van der Waals surface area contributed by atoms with Crippen LogP contribution in [-0.2, 0) is 14.3 Å². The van der Waals surface area contributed by atoms with Gasteiger partial charge in [0, 0.05) is 6.42 Å². The summed E-state index contributed by atoms with van der Waals surface area (Å²) in [5.74, 6) is -0.221. The molecule has 7 atom stereocenters. The average molecular weight is 1090 g/mol. The summed E-state index contributed by atoms with van der Waals surface area (Å²) < 4.78 is 11.3. The Morgan fingerprint density at radius 1 is 0.449 bits per heavy atom. The molecule has 0 aromatic carbocycles. The summed E-state index contributed by atoms with van der Waals surface area (Å²) in [5, 5.41) is 54.6. The minimum Gasteiger partial charge on any atom is -0.394 e. The topological polar surface area (TPSA) is 149 Å². The smallest absolute Gasteiger partial charge is 0.220 e. The molecule has 1 heterocycles. The predicted molar refractivity (Wildman–Crippen MR) is 331 cm³/mol. The van der Waals surface area contributed by atoms with E-state index in [0.29, 0.717) is 12.8 Å². The minimum atomic E-state index is -1.59. The number of aliphatic hydroxyl groups is 5. The molecule has 1 rings (SSSR count). The summed E-state index contributed by atoms with van der Waals surface area (Å²) in [6.07, 6.45) is 77.5. The second-order valence-electron chi connectivity index (χ2n) is 21.8. The molecule has 0 aliphatic carbocycles. The first-order chi connectivity index (χ1) is 38.3. The maximum Gasteiger partial charge on any atom is 0.220 e. The Morgan fingerprint density at radius 2 is 0.808 bits per heavy atom. The van der Waals surface area contributed by atoms with E-state index in [4.69, 9.17) is 9.47 Å². The molecule has 448 valence electrons. The third-order valence-electron chi connectivity index (χ3n) is 14.6. The molecule has 0 bridgehead atoms. The van der Waals surface area contributed by atoms with Crippen LogP contribution in [-0.4, -0.2) is 87.5 Å². The van der Waals surface area contributed by atoms with Crippen molar-refractivity contribution in [3.8, 4) is 0 Å². The van der Waals surface area contributed by atoms with E-state index in [2.05, 4.69) is 116 Å². The number of rotatable bonds is 54. The molecule has 0 aromatic rings. The van der Waals surface area contributed by atoms with E-state index in [1.54, 1.807) is 6.08 Å². The van der Waals surface area contributed by atoms with Crippen LogP contribution < -0.4 is 5.32 Å². The maximum atomic E-state index is 13.1. The fourth-order valence-corrected chi connectivity index (χ4v) is 9.57. The van der Waals surface area contributed by atoms with Gasteiger partial charge < -0.3 is 40.3 Å². The molecule has 7 unspecified atom stereocenters. The molecule has 1 amide bonds. The first kappa shape index (κ1) is 72.9. The highest BCUT2D eigenvalue weighted by molar-refractivity contribution is 5.76. The average Bonchev–Trinajstić information content (AvgIpc) is 3.45. The Kier molecular flexibility index (Phi) is 53.3. The van der Waals surface area contributed by atoms with Gasteiger partial charge in [-0.2, -0.15) is 0 Å². The maximum absolute atomic E-state index is 13.1. The van der Waals surface area contributed by atoms with Crippen LogP contribution in [0.4, 0.5) is 0 Å². The number of aliphatic hydroxyl groups excluding tert-OH is 5. The van der Waals surface area contributed by atoms with Crippen LogP contribution >= 0.6 is 0 Å². The zero-order valence-corrected chi connectivity index (χ0v) is 49.9. The van der Waals surface area contributed by atoms with Crippen molar-refractivity contribution in [3.05, 3.63) is 109 Å². The van der Waals surface area contributed by atoms with Gasteiger partial charge in [-0.1, -0.05) is 277 Å². The molecule has 1 saturated heterocycles. The van der Waals surface area contributed by atoms with E-state index in [9.17, 15) is 30.3 Å². The number of hydrogen-bond donors (Lipinski definition) is 6. The Morgan fingerprint density at radius 3 is 1.23 bits per heavy atom. The fourth-order valence-electron chi connectivity index (χ4n) is 9.57. The molecule has 0 radical (unpaired) electrons. The highest BCUT2D eigenvalue weighted by Gasteiger charge is 2.44. The summed E-state index contributed by atoms with van der Waals surface area (Å²) in [6.45, 7) is 3.64. The lowest BCUT2D eigenvalue weighted by molar-refractivity contribution is -0.302. The van der Waals surface area contributed by atoms with Crippen molar-refractivity contribution in [1.29, 1.82) is 0 Å². The highest BCUT2D eigenvalue weighted by Crippen LogP contribution is 2.23. The van der Waals surface area contributed by atoms with Gasteiger partial charge in [0.15, 0.2) is 6.29 Å². The Labute approximate surface area is 478 Å². The van der Waals surface area contributed by atoms with Crippen molar-refractivity contribution in [3.63, 3.8) is 0 Å². The van der Waals surface area contributed by atoms with Gasteiger partial charge in [-0.05, 0) is 89.9 Å². The van der Waals surface area contributed by atoms with Crippen LogP contribution in [0.1, 0.15) is 264 Å². The van der Waals surface area contributed by atoms with Crippen LogP contribution in [0.15, 0.2) is 109 Å². The van der Waals surface area contributed by atoms with Crippen molar-refractivity contribution in [1.82, 2.24) is 5.32 Å².